The Bertz CT molecular complexity index is 1090. The quantitative estimate of drug-likeness (QED) is 0.556. The van der Waals surface area contributed by atoms with Gasteiger partial charge in [-0.15, -0.1) is 0 Å². The van der Waals surface area contributed by atoms with Gasteiger partial charge in [0, 0.05) is 35.8 Å². The highest BCUT2D eigenvalue weighted by Gasteiger charge is 2.14. The molecule has 0 aliphatic rings. The lowest BCUT2D eigenvalue weighted by Gasteiger charge is -2.09. The third-order valence-corrected chi connectivity index (χ3v) is 3.99. The zero-order valence-corrected chi connectivity index (χ0v) is 13.1. The van der Waals surface area contributed by atoms with Crippen LogP contribution in [0.2, 0.25) is 0 Å². The maximum Gasteiger partial charge on any atom is 0.193 e. The van der Waals surface area contributed by atoms with Gasteiger partial charge in [-0.1, -0.05) is 24.3 Å². The molecule has 0 radical (unpaired) electrons. The van der Waals surface area contributed by atoms with Crippen LogP contribution >= 0.6 is 0 Å². The normalized spacial score (nSPS) is 10.9. The summed E-state index contributed by atoms with van der Waals surface area (Å²) in [6.07, 6.45) is 5.00. The first-order chi connectivity index (χ1) is 11.7. The van der Waals surface area contributed by atoms with Crippen LogP contribution in [-0.4, -0.2) is 9.97 Å². The van der Waals surface area contributed by atoms with E-state index in [9.17, 15) is 4.79 Å². The maximum absolute atomic E-state index is 12.5. The molecule has 0 aliphatic carbocycles. The number of benzene rings is 1. The van der Waals surface area contributed by atoms with Crippen molar-refractivity contribution in [2.75, 3.05) is 0 Å². The second-order valence-electron chi connectivity index (χ2n) is 5.57. The van der Waals surface area contributed by atoms with Gasteiger partial charge in [0.1, 0.15) is 11.5 Å². The molecule has 0 atom stereocenters. The van der Waals surface area contributed by atoms with E-state index in [2.05, 4.69) is 9.97 Å². The van der Waals surface area contributed by atoms with Crippen LogP contribution in [0.15, 0.2) is 76.3 Å². The van der Waals surface area contributed by atoms with E-state index in [1.165, 1.54) is 6.07 Å². The molecule has 0 spiro atoms. The summed E-state index contributed by atoms with van der Waals surface area (Å²) < 4.78 is 6.07. The summed E-state index contributed by atoms with van der Waals surface area (Å²) in [5.74, 6) is 0.489. The second-order valence-corrected chi connectivity index (χ2v) is 5.57. The zero-order chi connectivity index (χ0) is 16.5. The summed E-state index contributed by atoms with van der Waals surface area (Å²) in [7, 11) is 0. The molecule has 0 saturated heterocycles. The van der Waals surface area contributed by atoms with E-state index >= 15 is 0 Å². The minimum Gasteiger partial charge on any atom is -0.453 e. The molecule has 0 saturated carbocycles. The van der Waals surface area contributed by atoms with E-state index in [0.717, 1.165) is 16.7 Å². The highest BCUT2D eigenvalue weighted by atomic mass is 16.3. The predicted octanol–water partition coefficient (Wildman–Crippen LogP) is 4.23. The fraction of sp³-hybridized carbons (Fsp3) is 0.0500. The summed E-state index contributed by atoms with van der Waals surface area (Å²) in [6.45, 7) is 2.01. The van der Waals surface area contributed by atoms with Crippen molar-refractivity contribution >= 4 is 11.0 Å². The number of aryl methyl sites for hydroxylation is 1. The highest BCUT2D eigenvalue weighted by Crippen LogP contribution is 2.30. The number of fused-ring (bicyclic) bond motifs is 1. The van der Waals surface area contributed by atoms with E-state index in [1.807, 2.05) is 43.3 Å². The van der Waals surface area contributed by atoms with Crippen LogP contribution in [0, 0.1) is 6.92 Å². The molecule has 0 bridgehead atoms. The third kappa shape index (κ3) is 2.38. The number of rotatable bonds is 2. The van der Waals surface area contributed by atoms with Crippen molar-refractivity contribution < 1.29 is 4.42 Å². The SMILES string of the molecule is Cc1ccccc1-c1nccc2c(=O)cc(-c3cccnc3)oc12. The van der Waals surface area contributed by atoms with E-state index in [-0.39, 0.29) is 5.43 Å². The van der Waals surface area contributed by atoms with Crippen molar-refractivity contribution in [3.8, 4) is 22.6 Å². The van der Waals surface area contributed by atoms with Crippen molar-refractivity contribution in [3.63, 3.8) is 0 Å². The van der Waals surface area contributed by atoms with E-state index < -0.39 is 0 Å². The molecule has 1 aromatic carbocycles. The Balaban J connectivity index is 2.05. The molecule has 0 aliphatic heterocycles. The average Bonchev–Trinajstić information content (AvgIpc) is 2.63. The Kier molecular flexibility index (Phi) is 3.43. The molecule has 0 N–H and O–H groups in total. The largest absolute Gasteiger partial charge is 0.453 e. The summed E-state index contributed by atoms with van der Waals surface area (Å²) in [4.78, 5) is 21.1. The number of hydrogen-bond donors (Lipinski definition) is 0. The standard InChI is InChI=1S/C20H14N2O2/c1-13-5-2-3-7-15(13)19-20-16(8-10-22-19)17(23)11-18(24-20)14-6-4-9-21-12-14/h2-12H,1H3. The lowest BCUT2D eigenvalue weighted by molar-refractivity contribution is 0.618. The predicted molar refractivity (Wildman–Crippen MR) is 93.7 cm³/mol. The number of hydrogen-bond acceptors (Lipinski definition) is 4. The lowest BCUT2D eigenvalue weighted by Crippen LogP contribution is -2.02. The first kappa shape index (κ1) is 14.3. The van der Waals surface area contributed by atoms with Gasteiger partial charge in [0.25, 0.3) is 0 Å². The summed E-state index contributed by atoms with van der Waals surface area (Å²) in [5, 5.41) is 0.524. The molecule has 4 rings (SSSR count). The van der Waals surface area contributed by atoms with Crippen LogP contribution in [0.3, 0.4) is 0 Å². The Hall–Kier alpha value is -3.27. The van der Waals surface area contributed by atoms with Crippen LogP contribution in [0.5, 0.6) is 0 Å². The summed E-state index contributed by atoms with van der Waals surface area (Å²) in [5.41, 5.74) is 3.87. The summed E-state index contributed by atoms with van der Waals surface area (Å²) >= 11 is 0. The maximum atomic E-state index is 12.5. The minimum atomic E-state index is -0.0904. The van der Waals surface area contributed by atoms with Crippen molar-refractivity contribution in [2.24, 2.45) is 0 Å². The van der Waals surface area contributed by atoms with Crippen molar-refractivity contribution in [1.82, 2.24) is 9.97 Å². The molecule has 4 nitrogen and oxygen atoms in total. The molecule has 3 aromatic heterocycles. The van der Waals surface area contributed by atoms with Gasteiger partial charge in [0.2, 0.25) is 0 Å². The fourth-order valence-corrected chi connectivity index (χ4v) is 2.76. The molecule has 0 unspecified atom stereocenters. The van der Waals surface area contributed by atoms with Gasteiger partial charge in [-0.2, -0.15) is 0 Å². The highest BCUT2D eigenvalue weighted by molar-refractivity contribution is 5.91. The van der Waals surface area contributed by atoms with Crippen LogP contribution in [-0.2, 0) is 0 Å². The Morgan fingerprint density at radius 1 is 1.00 bits per heavy atom. The molecule has 3 heterocycles. The van der Waals surface area contributed by atoms with Gasteiger partial charge >= 0.3 is 0 Å². The monoisotopic (exact) mass is 314 g/mol. The Labute approximate surface area is 138 Å². The average molecular weight is 314 g/mol. The van der Waals surface area contributed by atoms with Gasteiger partial charge in [0.15, 0.2) is 11.0 Å². The van der Waals surface area contributed by atoms with Gasteiger partial charge in [-0.05, 0) is 30.7 Å². The molecular weight excluding hydrogens is 300 g/mol. The van der Waals surface area contributed by atoms with Crippen molar-refractivity contribution in [1.29, 1.82) is 0 Å². The van der Waals surface area contributed by atoms with Gasteiger partial charge in [-0.25, -0.2) is 0 Å². The van der Waals surface area contributed by atoms with Crippen LogP contribution in [0.25, 0.3) is 33.6 Å². The second kappa shape index (κ2) is 5.74. The smallest absolute Gasteiger partial charge is 0.193 e. The molecule has 0 amide bonds. The first-order valence-electron chi connectivity index (χ1n) is 7.63. The van der Waals surface area contributed by atoms with E-state index in [4.69, 9.17) is 4.42 Å². The molecule has 0 fully saturated rings. The van der Waals surface area contributed by atoms with Crippen LogP contribution in [0.1, 0.15) is 5.56 Å². The molecule has 116 valence electrons. The zero-order valence-electron chi connectivity index (χ0n) is 13.1. The Morgan fingerprint density at radius 2 is 1.88 bits per heavy atom. The molecule has 4 aromatic rings. The van der Waals surface area contributed by atoms with Crippen molar-refractivity contribution in [2.45, 2.75) is 6.92 Å². The first-order valence-corrected chi connectivity index (χ1v) is 7.63. The Morgan fingerprint density at radius 3 is 2.67 bits per heavy atom. The van der Waals surface area contributed by atoms with Gasteiger partial charge in [0.05, 0.1) is 5.39 Å². The topological polar surface area (TPSA) is 56.0 Å². The van der Waals surface area contributed by atoms with Gasteiger partial charge in [-0.3, -0.25) is 14.8 Å². The van der Waals surface area contributed by atoms with E-state index in [0.29, 0.717) is 22.4 Å². The van der Waals surface area contributed by atoms with Crippen LogP contribution in [0.4, 0.5) is 0 Å². The summed E-state index contributed by atoms with van der Waals surface area (Å²) in [6, 6.07) is 14.8. The van der Waals surface area contributed by atoms with Crippen molar-refractivity contribution in [3.05, 3.63) is 82.9 Å². The molecule has 24 heavy (non-hydrogen) atoms. The van der Waals surface area contributed by atoms with E-state index in [1.54, 1.807) is 24.7 Å². The number of pyridine rings is 2. The fourth-order valence-electron chi connectivity index (χ4n) is 2.76. The molecule has 4 heteroatoms. The van der Waals surface area contributed by atoms with Gasteiger partial charge < -0.3 is 4.42 Å². The van der Waals surface area contributed by atoms with Crippen LogP contribution < -0.4 is 5.43 Å². The minimum absolute atomic E-state index is 0.0904. The molecular formula is C20H14N2O2. The lowest BCUT2D eigenvalue weighted by atomic mass is 10.0. The number of aromatic nitrogens is 2. The third-order valence-electron chi connectivity index (χ3n) is 3.99. The number of nitrogens with zero attached hydrogens (tertiary/aromatic N) is 2.